The number of sulfonamides is 1. The second-order valence-corrected chi connectivity index (χ2v) is 10.2. The van der Waals surface area contributed by atoms with Crippen LogP contribution in [0.25, 0.3) is 0 Å². The monoisotopic (exact) mass is 466 g/mol. The van der Waals surface area contributed by atoms with Gasteiger partial charge in [-0.05, 0) is 73.5 Å². The normalized spacial score (nSPS) is 14.3. The van der Waals surface area contributed by atoms with Crippen molar-refractivity contribution < 1.29 is 18.3 Å². The molecule has 0 aromatic heterocycles. The van der Waals surface area contributed by atoms with E-state index in [0.717, 1.165) is 36.5 Å². The second-order valence-electron chi connectivity index (χ2n) is 8.31. The van der Waals surface area contributed by atoms with Gasteiger partial charge < -0.3 is 9.84 Å². The molecular formula is C26H30N2O4S. The molecule has 0 amide bonds. The van der Waals surface area contributed by atoms with Gasteiger partial charge in [0.25, 0.3) is 0 Å². The summed E-state index contributed by atoms with van der Waals surface area (Å²) in [5, 5.41) is 9.58. The van der Waals surface area contributed by atoms with E-state index >= 15 is 0 Å². The summed E-state index contributed by atoms with van der Waals surface area (Å²) in [7, 11) is -3.65. The Hall–Kier alpha value is -3.03. The quantitative estimate of drug-likeness (QED) is 0.480. The van der Waals surface area contributed by atoms with Crippen molar-refractivity contribution in [3.05, 3.63) is 90.0 Å². The zero-order valence-electron chi connectivity index (χ0n) is 18.6. The maximum Gasteiger partial charge on any atom is 0.239 e. The number of likely N-dealkylation sites (tertiary alicyclic amines) is 1. The lowest BCUT2D eigenvalue weighted by Gasteiger charge is -2.25. The molecule has 3 aromatic carbocycles. The van der Waals surface area contributed by atoms with E-state index < -0.39 is 10.0 Å². The van der Waals surface area contributed by atoms with Gasteiger partial charge in [0.05, 0.1) is 18.0 Å². The molecule has 0 spiro atoms. The van der Waals surface area contributed by atoms with Crippen LogP contribution in [0.4, 0.5) is 5.69 Å². The Balaban J connectivity index is 1.51. The molecule has 1 saturated heterocycles. The number of phenolic OH excluding ortho intramolecular Hbond substituents is 1. The number of phenols is 1. The van der Waals surface area contributed by atoms with Crippen molar-refractivity contribution in [3.63, 3.8) is 0 Å². The molecule has 1 N–H and O–H groups in total. The number of anilines is 1. The van der Waals surface area contributed by atoms with Crippen LogP contribution in [0, 0.1) is 0 Å². The minimum atomic E-state index is -3.65. The first-order chi connectivity index (χ1) is 16.0. The number of hydrogen-bond acceptors (Lipinski definition) is 5. The Labute approximate surface area is 196 Å². The van der Waals surface area contributed by atoms with Crippen molar-refractivity contribution in [2.75, 3.05) is 30.5 Å². The lowest BCUT2D eigenvalue weighted by atomic mass is 10.2. The summed E-state index contributed by atoms with van der Waals surface area (Å²) in [5.74, 6) is 0.774. The van der Waals surface area contributed by atoms with Crippen molar-refractivity contribution in [2.24, 2.45) is 0 Å². The SMILES string of the molecule is O=S(=O)(Cc1ccccc1)N(Cc1ccc(O)cc1)c1ccc(OCCN2CCCC2)cc1. The third kappa shape index (κ3) is 6.49. The fourth-order valence-electron chi connectivity index (χ4n) is 3.99. The highest BCUT2D eigenvalue weighted by molar-refractivity contribution is 7.92. The lowest BCUT2D eigenvalue weighted by Crippen LogP contribution is -2.31. The molecule has 1 aliphatic rings. The maximum atomic E-state index is 13.4. The van der Waals surface area contributed by atoms with Gasteiger partial charge >= 0.3 is 0 Å². The van der Waals surface area contributed by atoms with Gasteiger partial charge in [-0.25, -0.2) is 8.42 Å². The van der Waals surface area contributed by atoms with Crippen LogP contribution in [-0.2, 0) is 22.3 Å². The van der Waals surface area contributed by atoms with Crippen molar-refractivity contribution in [1.82, 2.24) is 4.90 Å². The standard InChI is InChI=1S/C26H30N2O4S/c29-25-12-8-22(9-13-25)20-28(33(30,31)21-23-6-2-1-3-7-23)24-10-14-26(15-11-24)32-19-18-27-16-4-5-17-27/h1-3,6-15,29H,4-5,16-21H2. The Morgan fingerprint density at radius 2 is 1.52 bits per heavy atom. The molecule has 0 bridgehead atoms. The molecule has 0 saturated carbocycles. The fourth-order valence-corrected chi connectivity index (χ4v) is 5.55. The van der Waals surface area contributed by atoms with Crippen molar-refractivity contribution in [3.8, 4) is 11.5 Å². The molecule has 0 aliphatic carbocycles. The van der Waals surface area contributed by atoms with E-state index in [1.54, 1.807) is 36.4 Å². The molecule has 3 aromatic rings. The molecule has 0 unspecified atom stereocenters. The highest BCUT2D eigenvalue weighted by Crippen LogP contribution is 2.26. The Bertz CT molecular complexity index is 1110. The molecule has 33 heavy (non-hydrogen) atoms. The van der Waals surface area contributed by atoms with Gasteiger partial charge in [-0.3, -0.25) is 9.21 Å². The summed E-state index contributed by atoms with van der Waals surface area (Å²) in [4.78, 5) is 2.39. The van der Waals surface area contributed by atoms with E-state index in [0.29, 0.717) is 12.3 Å². The zero-order valence-corrected chi connectivity index (χ0v) is 19.5. The summed E-state index contributed by atoms with van der Waals surface area (Å²) < 4.78 is 34.1. The highest BCUT2D eigenvalue weighted by Gasteiger charge is 2.23. The highest BCUT2D eigenvalue weighted by atomic mass is 32.2. The molecule has 6 nitrogen and oxygen atoms in total. The summed E-state index contributed by atoms with van der Waals surface area (Å²) in [5.41, 5.74) is 2.09. The zero-order chi connectivity index (χ0) is 23.1. The van der Waals surface area contributed by atoms with Gasteiger partial charge in [0.1, 0.15) is 18.1 Å². The lowest BCUT2D eigenvalue weighted by molar-refractivity contribution is 0.238. The first-order valence-electron chi connectivity index (χ1n) is 11.3. The molecule has 0 radical (unpaired) electrons. The number of aromatic hydroxyl groups is 1. The van der Waals surface area contributed by atoms with Crippen molar-refractivity contribution in [1.29, 1.82) is 0 Å². The van der Waals surface area contributed by atoms with Crippen LogP contribution in [-0.4, -0.2) is 44.7 Å². The average Bonchev–Trinajstić information content (AvgIpc) is 3.33. The Kier molecular flexibility index (Phi) is 7.52. The first-order valence-corrected chi connectivity index (χ1v) is 12.9. The summed E-state index contributed by atoms with van der Waals surface area (Å²) >= 11 is 0. The van der Waals surface area contributed by atoms with Crippen LogP contribution in [0.1, 0.15) is 24.0 Å². The third-order valence-electron chi connectivity index (χ3n) is 5.79. The molecule has 0 atom stereocenters. The van der Waals surface area contributed by atoms with Gasteiger partial charge in [-0.2, -0.15) is 0 Å². The van der Waals surface area contributed by atoms with E-state index in [1.165, 1.54) is 17.1 Å². The summed E-state index contributed by atoms with van der Waals surface area (Å²) in [6.45, 7) is 3.95. The largest absolute Gasteiger partial charge is 0.508 e. The Morgan fingerprint density at radius 3 is 2.18 bits per heavy atom. The second kappa shape index (κ2) is 10.7. The van der Waals surface area contributed by atoms with E-state index in [4.69, 9.17) is 4.74 Å². The fraction of sp³-hybridized carbons (Fsp3) is 0.308. The van der Waals surface area contributed by atoms with Gasteiger partial charge in [0.2, 0.25) is 10.0 Å². The van der Waals surface area contributed by atoms with Crippen LogP contribution in [0.15, 0.2) is 78.9 Å². The molecule has 7 heteroatoms. The molecule has 1 heterocycles. The number of rotatable bonds is 10. The number of hydrogen-bond donors (Lipinski definition) is 1. The van der Waals surface area contributed by atoms with Crippen LogP contribution < -0.4 is 9.04 Å². The first kappa shape index (κ1) is 23.1. The topological polar surface area (TPSA) is 70.1 Å². The van der Waals surface area contributed by atoms with E-state index in [9.17, 15) is 13.5 Å². The molecule has 1 aliphatic heterocycles. The minimum absolute atomic E-state index is 0.0972. The molecule has 1 fully saturated rings. The van der Waals surface area contributed by atoms with Gasteiger partial charge in [0, 0.05) is 6.54 Å². The number of ether oxygens (including phenoxy) is 1. The maximum absolute atomic E-state index is 13.4. The van der Waals surface area contributed by atoms with Crippen molar-refractivity contribution in [2.45, 2.75) is 25.1 Å². The van der Waals surface area contributed by atoms with E-state index in [-0.39, 0.29) is 18.0 Å². The number of benzene rings is 3. The average molecular weight is 467 g/mol. The molecular weight excluding hydrogens is 436 g/mol. The van der Waals surface area contributed by atoms with E-state index in [1.807, 2.05) is 42.5 Å². The van der Waals surface area contributed by atoms with Crippen molar-refractivity contribution >= 4 is 15.7 Å². The van der Waals surface area contributed by atoms with Crippen LogP contribution >= 0.6 is 0 Å². The molecule has 174 valence electrons. The smallest absolute Gasteiger partial charge is 0.239 e. The summed E-state index contributed by atoms with van der Waals surface area (Å²) in [6.07, 6.45) is 2.51. The van der Waals surface area contributed by atoms with Crippen LogP contribution in [0.3, 0.4) is 0 Å². The predicted octanol–water partition coefficient (Wildman–Crippen LogP) is 4.40. The van der Waals surface area contributed by atoms with Gasteiger partial charge in [0.15, 0.2) is 0 Å². The predicted molar refractivity (Wildman–Crippen MR) is 131 cm³/mol. The Morgan fingerprint density at radius 1 is 0.848 bits per heavy atom. The third-order valence-corrected chi connectivity index (χ3v) is 7.50. The summed E-state index contributed by atoms with van der Waals surface area (Å²) in [6, 6.07) is 23.0. The number of nitrogens with zero attached hydrogens (tertiary/aromatic N) is 2. The van der Waals surface area contributed by atoms with Gasteiger partial charge in [-0.15, -0.1) is 0 Å². The minimum Gasteiger partial charge on any atom is -0.508 e. The molecule has 4 rings (SSSR count). The van der Waals surface area contributed by atoms with Crippen LogP contribution in [0.2, 0.25) is 0 Å². The van der Waals surface area contributed by atoms with Gasteiger partial charge in [-0.1, -0.05) is 42.5 Å². The van der Waals surface area contributed by atoms with E-state index in [2.05, 4.69) is 4.90 Å². The van der Waals surface area contributed by atoms with Crippen LogP contribution in [0.5, 0.6) is 11.5 Å².